The molecule has 0 aliphatic rings. The number of carboxylic acids is 1. The topological polar surface area (TPSA) is 66.4 Å². The van der Waals surface area contributed by atoms with Crippen LogP contribution in [-0.2, 0) is 9.59 Å². The summed E-state index contributed by atoms with van der Waals surface area (Å²) in [6, 6.07) is 4.29. The minimum absolute atomic E-state index is 0.0275. The molecule has 0 radical (unpaired) electrons. The van der Waals surface area contributed by atoms with Crippen LogP contribution in [0.2, 0.25) is 0 Å². The predicted octanol–water partition coefficient (Wildman–Crippen LogP) is 3.12. The monoisotopic (exact) mass is 349 g/mol. The fraction of sp³-hybridized carbons (Fsp3) is 0.333. The van der Waals surface area contributed by atoms with Gasteiger partial charge in [-0.3, -0.25) is 9.59 Å². The van der Waals surface area contributed by atoms with Crippen LogP contribution in [0.5, 0.6) is 0 Å². The third-order valence-electron chi connectivity index (χ3n) is 2.27. The van der Waals surface area contributed by atoms with Crippen molar-refractivity contribution in [1.29, 1.82) is 0 Å². The summed E-state index contributed by atoms with van der Waals surface area (Å²) in [5.74, 6) is -1.95. The molecule has 19 heavy (non-hydrogen) atoms. The standard InChI is InChI=1S/C12H13BrFNO3S/c1-2-10(12(17)18)19-6-11(16)15-9-4-3-7(13)5-8(9)14/h3-5,10H,2,6H2,1H3,(H,15,16)(H,17,18). The van der Waals surface area contributed by atoms with Crippen molar-refractivity contribution in [2.45, 2.75) is 18.6 Å². The summed E-state index contributed by atoms with van der Waals surface area (Å²) in [6.07, 6.45) is 0.430. The number of amides is 1. The van der Waals surface area contributed by atoms with Gasteiger partial charge in [0, 0.05) is 4.47 Å². The zero-order chi connectivity index (χ0) is 14.4. The van der Waals surface area contributed by atoms with Crippen molar-refractivity contribution in [2.24, 2.45) is 0 Å². The number of carbonyl (C=O) groups excluding carboxylic acids is 1. The van der Waals surface area contributed by atoms with Gasteiger partial charge in [0.25, 0.3) is 0 Å². The fourth-order valence-electron chi connectivity index (χ4n) is 1.32. The Morgan fingerprint density at radius 3 is 2.74 bits per heavy atom. The summed E-state index contributed by atoms with van der Waals surface area (Å²) in [5, 5.41) is 10.6. The molecule has 4 nitrogen and oxygen atoms in total. The lowest BCUT2D eigenvalue weighted by Gasteiger charge is -2.10. The Labute approximate surface area is 122 Å². The van der Waals surface area contributed by atoms with E-state index in [1.54, 1.807) is 13.0 Å². The Kier molecular flexibility index (Phi) is 6.30. The van der Waals surface area contributed by atoms with E-state index in [0.717, 1.165) is 11.8 Å². The molecule has 1 rings (SSSR count). The van der Waals surface area contributed by atoms with Crippen LogP contribution >= 0.6 is 27.7 Å². The van der Waals surface area contributed by atoms with Gasteiger partial charge in [-0.15, -0.1) is 11.8 Å². The van der Waals surface area contributed by atoms with Gasteiger partial charge in [0.05, 0.1) is 11.4 Å². The molecule has 1 aromatic carbocycles. The molecule has 0 saturated heterocycles. The zero-order valence-electron chi connectivity index (χ0n) is 10.2. The molecule has 0 spiro atoms. The minimum Gasteiger partial charge on any atom is -0.480 e. The largest absolute Gasteiger partial charge is 0.480 e. The van der Waals surface area contributed by atoms with E-state index in [4.69, 9.17) is 5.11 Å². The fourth-order valence-corrected chi connectivity index (χ4v) is 2.45. The summed E-state index contributed by atoms with van der Waals surface area (Å²) < 4.78 is 14.0. The summed E-state index contributed by atoms with van der Waals surface area (Å²) in [4.78, 5) is 22.4. The number of benzene rings is 1. The second-order valence-electron chi connectivity index (χ2n) is 3.72. The number of carboxylic acid groups (broad SMARTS) is 1. The number of anilines is 1. The van der Waals surface area contributed by atoms with Crippen LogP contribution in [0.15, 0.2) is 22.7 Å². The maximum atomic E-state index is 13.5. The molecule has 1 unspecified atom stereocenters. The zero-order valence-corrected chi connectivity index (χ0v) is 12.6. The van der Waals surface area contributed by atoms with Crippen LogP contribution < -0.4 is 5.32 Å². The number of thioether (sulfide) groups is 1. The average Bonchev–Trinajstić information content (AvgIpc) is 2.33. The molecule has 0 aromatic heterocycles. The number of halogens is 2. The lowest BCUT2D eigenvalue weighted by atomic mass is 10.3. The highest BCUT2D eigenvalue weighted by Crippen LogP contribution is 2.20. The van der Waals surface area contributed by atoms with Crippen LogP contribution in [0.4, 0.5) is 10.1 Å². The summed E-state index contributed by atoms with van der Waals surface area (Å²) in [6.45, 7) is 1.73. The number of nitrogens with one attached hydrogen (secondary N) is 1. The second kappa shape index (κ2) is 7.49. The number of carbonyl (C=O) groups is 2. The summed E-state index contributed by atoms with van der Waals surface area (Å²) in [7, 11) is 0. The predicted molar refractivity (Wildman–Crippen MR) is 76.9 cm³/mol. The van der Waals surface area contributed by atoms with Gasteiger partial charge in [-0.25, -0.2) is 4.39 Å². The smallest absolute Gasteiger partial charge is 0.316 e. The van der Waals surface area contributed by atoms with Crippen LogP contribution in [0.1, 0.15) is 13.3 Å². The molecule has 0 aliphatic heterocycles. The summed E-state index contributed by atoms with van der Waals surface area (Å²) >= 11 is 4.14. The summed E-state index contributed by atoms with van der Waals surface area (Å²) in [5.41, 5.74) is 0.0807. The Balaban J connectivity index is 2.53. The Morgan fingerprint density at radius 2 is 2.21 bits per heavy atom. The Bertz CT molecular complexity index is 484. The van der Waals surface area contributed by atoms with E-state index in [2.05, 4.69) is 21.2 Å². The molecule has 1 amide bonds. The molecule has 0 heterocycles. The van der Waals surface area contributed by atoms with E-state index in [0.29, 0.717) is 10.9 Å². The number of rotatable bonds is 6. The van der Waals surface area contributed by atoms with Crippen molar-refractivity contribution in [3.63, 3.8) is 0 Å². The molecule has 1 atom stereocenters. The maximum absolute atomic E-state index is 13.5. The van der Waals surface area contributed by atoms with Gasteiger partial charge in [-0.05, 0) is 24.6 Å². The number of hydrogen-bond donors (Lipinski definition) is 2. The molecular weight excluding hydrogens is 337 g/mol. The van der Waals surface area contributed by atoms with Gasteiger partial charge in [0.1, 0.15) is 11.1 Å². The SMILES string of the molecule is CCC(SCC(=O)Nc1ccc(Br)cc1F)C(=O)O. The van der Waals surface area contributed by atoms with Crippen molar-refractivity contribution in [3.05, 3.63) is 28.5 Å². The first kappa shape index (κ1) is 16.0. The van der Waals surface area contributed by atoms with Crippen LogP contribution in [-0.4, -0.2) is 28.0 Å². The molecule has 2 N–H and O–H groups in total. The van der Waals surface area contributed by atoms with Gasteiger partial charge >= 0.3 is 5.97 Å². The first-order chi connectivity index (χ1) is 8.93. The second-order valence-corrected chi connectivity index (χ2v) is 5.83. The van der Waals surface area contributed by atoms with Gasteiger partial charge in [0.2, 0.25) is 5.91 Å². The molecule has 0 aliphatic carbocycles. The quantitative estimate of drug-likeness (QED) is 0.827. The van der Waals surface area contributed by atoms with E-state index >= 15 is 0 Å². The van der Waals surface area contributed by atoms with Crippen molar-refractivity contribution < 1.29 is 19.1 Å². The lowest BCUT2D eigenvalue weighted by molar-refractivity contribution is -0.136. The molecule has 1 aromatic rings. The highest BCUT2D eigenvalue weighted by atomic mass is 79.9. The minimum atomic E-state index is -0.949. The Hall–Kier alpha value is -1.08. The highest BCUT2D eigenvalue weighted by Gasteiger charge is 2.17. The van der Waals surface area contributed by atoms with Gasteiger partial charge in [-0.2, -0.15) is 0 Å². The van der Waals surface area contributed by atoms with Crippen LogP contribution in [0.25, 0.3) is 0 Å². The van der Waals surface area contributed by atoms with E-state index in [1.807, 2.05) is 0 Å². The van der Waals surface area contributed by atoms with Gasteiger partial charge in [0.15, 0.2) is 0 Å². The first-order valence-electron chi connectivity index (χ1n) is 5.53. The van der Waals surface area contributed by atoms with Crippen LogP contribution in [0, 0.1) is 5.82 Å². The molecule has 104 valence electrons. The average molecular weight is 350 g/mol. The van der Waals surface area contributed by atoms with E-state index in [1.165, 1.54) is 12.1 Å². The first-order valence-corrected chi connectivity index (χ1v) is 7.37. The van der Waals surface area contributed by atoms with E-state index < -0.39 is 22.9 Å². The van der Waals surface area contributed by atoms with Crippen LogP contribution in [0.3, 0.4) is 0 Å². The van der Waals surface area contributed by atoms with Crippen molar-refractivity contribution in [3.8, 4) is 0 Å². The highest BCUT2D eigenvalue weighted by molar-refractivity contribution is 9.10. The third-order valence-corrected chi connectivity index (χ3v) is 4.13. The van der Waals surface area contributed by atoms with Gasteiger partial charge < -0.3 is 10.4 Å². The molecule has 0 fully saturated rings. The van der Waals surface area contributed by atoms with Gasteiger partial charge in [-0.1, -0.05) is 22.9 Å². The maximum Gasteiger partial charge on any atom is 0.316 e. The number of aliphatic carboxylic acids is 1. The van der Waals surface area contributed by atoms with E-state index in [9.17, 15) is 14.0 Å². The van der Waals surface area contributed by atoms with E-state index in [-0.39, 0.29) is 11.4 Å². The lowest BCUT2D eigenvalue weighted by Crippen LogP contribution is -2.21. The number of hydrogen-bond acceptors (Lipinski definition) is 3. The van der Waals surface area contributed by atoms with Crippen molar-refractivity contribution >= 4 is 45.3 Å². The Morgan fingerprint density at radius 1 is 1.53 bits per heavy atom. The van der Waals surface area contributed by atoms with Crippen molar-refractivity contribution in [2.75, 3.05) is 11.1 Å². The molecule has 0 bridgehead atoms. The normalized spacial score (nSPS) is 11.9. The molecule has 0 saturated carbocycles. The third kappa shape index (κ3) is 5.20. The molecule has 7 heteroatoms. The molecular formula is C12H13BrFNO3S. The van der Waals surface area contributed by atoms with Crippen molar-refractivity contribution in [1.82, 2.24) is 0 Å².